The lowest BCUT2D eigenvalue weighted by molar-refractivity contribution is -0.384. The number of nitrogens with one attached hydrogen (secondary N) is 2. The Morgan fingerprint density at radius 2 is 1.68 bits per heavy atom. The summed E-state index contributed by atoms with van der Waals surface area (Å²) in [4.78, 5) is 10.2. The highest BCUT2D eigenvalue weighted by molar-refractivity contribution is 7.80. The van der Waals surface area contributed by atoms with Crippen LogP contribution in [0, 0.1) is 10.1 Å². The van der Waals surface area contributed by atoms with Crippen LogP contribution in [0.25, 0.3) is 0 Å². The molecule has 3 rings (SSSR count). The molecule has 0 saturated carbocycles. The van der Waals surface area contributed by atoms with Gasteiger partial charge in [-0.05, 0) is 48.1 Å². The Balaban J connectivity index is 1.56. The van der Waals surface area contributed by atoms with E-state index in [0.717, 1.165) is 11.3 Å². The molecule has 0 unspecified atom stereocenters. The molecule has 3 aromatic rings. The fourth-order valence-electron chi connectivity index (χ4n) is 2.23. The molecule has 1 heterocycles. The van der Waals surface area contributed by atoms with Crippen molar-refractivity contribution >= 4 is 34.4 Å². The summed E-state index contributed by atoms with van der Waals surface area (Å²) in [6.07, 6.45) is 3.66. The van der Waals surface area contributed by atoms with Crippen molar-refractivity contribution in [2.75, 3.05) is 10.6 Å². The number of hydrogen-bond acceptors (Lipinski definition) is 4. The van der Waals surface area contributed by atoms with Gasteiger partial charge >= 0.3 is 0 Å². The Kier molecular flexibility index (Phi) is 5.00. The van der Waals surface area contributed by atoms with Crippen LogP contribution in [0.1, 0.15) is 5.56 Å². The molecule has 0 atom stereocenters. The van der Waals surface area contributed by atoms with Crippen LogP contribution in [-0.2, 0) is 6.54 Å². The summed E-state index contributed by atoms with van der Waals surface area (Å²) in [6.45, 7) is 0.707. The lowest BCUT2D eigenvalue weighted by atomic mass is 10.2. The molecule has 2 N–H and O–H groups in total. The van der Waals surface area contributed by atoms with Crippen LogP contribution in [0.2, 0.25) is 0 Å². The Morgan fingerprint density at radius 1 is 1.08 bits per heavy atom. The van der Waals surface area contributed by atoms with Gasteiger partial charge in [-0.3, -0.25) is 14.8 Å². The lowest BCUT2D eigenvalue weighted by Gasteiger charge is -2.11. The SMILES string of the molecule is O=[N+]([O-])c1ccc(NC(=S)Nc2ccc(Cn3cccn3)cc2)cc1. The summed E-state index contributed by atoms with van der Waals surface area (Å²) >= 11 is 5.26. The first kappa shape index (κ1) is 16.6. The van der Waals surface area contributed by atoms with Gasteiger partial charge in [0.2, 0.25) is 0 Å². The largest absolute Gasteiger partial charge is 0.332 e. The van der Waals surface area contributed by atoms with E-state index in [1.807, 2.05) is 41.2 Å². The van der Waals surface area contributed by atoms with Gasteiger partial charge in [0.25, 0.3) is 5.69 Å². The second-order valence-electron chi connectivity index (χ2n) is 5.28. The van der Waals surface area contributed by atoms with Crippen LogP contribution in [0.5, 0.6) is 0 Å². The quantitative estimate of drug-likeness (QED) is 0.414. The Hall–Kier alpha value is -3.26. The van der Waals surface area contributed by atoms with Crippen molar-refractivity contribution < 1.29 is 4.92 Å². The van der Waals surface area contributed by atoms with Crippen molar-refractivity contribution in [2.24, 2.45) is 0 Å². The molecule has 7 nitrogen and oxygen atoms in total. The maximum atomic E-state index is 10.6. The minimum Gasteiger partial charge on any atom is -0.332 e. The second kappa shape index (κ2) is 7.54. The third-order valence-corrected chi connectivity index (χ3v) is 3.66. The Bertz CT molecular complexity index is 861. The molecule has 0 bridgehead atoms. The van der Waals surface area contributed by atoms with Crippen LogP contribution >= 0.6 is 12.2 Å². The highest BCUT2D eigenvalue weighted by atomic mass is 32.1. The number of non-ortho nitro benzene ring substituents is 1. The summed E-state index contributed by atoms with van der Waals surface area (Å²) in [6, 6.07) is 15.8. The van der Waals surface area contributed by atoms with Crippen LogP contribution in [-0.4, -0.2) is 19.8 Å². The number of thiocarbonyl (C=S) groups is 1. The summed E-state index contributed by atoms with van der Waals surface area (Å²) < 4.78 is 1.85. The zero-order valence-corrected chi connectivity index (χ0v) is 13.9. The molecule has 8 heteroatoms. The van der Waals surface area contributed by atoms with Crippen molar-refractivity contribution in [3.63, 3.8) is 0 Å². The van der Waals surface area contributed by atoms with Gasteiger partial charge in [0.05, 0.1) is 11.5 Å². The first-order chi connectivity index (χ1) is 12.1. The van der Waals surface area contributed by atoms with E-state index in [0.29, 0.717) is 17.3 Å². The summed E-state index contributed by atoms with van der Waals surface area (Å²) in [5.74, 6) is 0. The van der Waals surface area contributed by atoms with E-state index in [9.17, 15) is 10.1 Å². The van der Waals surface area contributed by atoms with Crippen molar-refractivity contribution in [1.29, 1.82) is 0 Å². The van der Waals surface area contributed by atoms with Crippen molar-refractivity contribution in [2.45, 2.75) is 6.54 Å². The zero-order valence-electron chi connectivity index (χ0n) is 13.1. The average molecular weight is 353 g/mol. The van der Waals surface area contributed by atoms with Gasteiger partial charge in [-0.2, -0.15) is 5.10 Å². The smallest absolute Gasteiger partial charge is 0.269 e. The monoisotopic (exact) mass is 353 g/mol. The standard InChI is InChI=1S/C17H15N5O2S/c23-22(24)16-8-6-15(7-9-16)20-17(25)19-14-4-2-13(3-5-14)12-21-11-1-10-18-21/h1-11H,12H2,(H2,19,20,25). The predicted molar refractivity (Wildman–Crippen MR) is 101 cm³/mol. The first-order valence-corrected chi connectivity index (χ1v) is 7.90. The summed E-state index contributed by atoms with van der Waals surface area (Å²) in [5.41, 5.74) is 2.70. The van der Waals surface area contributed by atoms with E-state index >= 15 is 0 Å². The number of aromatic nitrogens is 2. The van der Waals surface area contributed by atoms with Gasteiger partial charge < -0.3 is 10.6 Å². The molecular weight excluding hydrogens is 338 g/mol. The fourth-order valence-corrected chi connectivity index (χ4v) is 2.47. The number of hydrogen-bond donors (Lipinski definition) is 2. The molecule has 126 valence electrons. The maximum Gasteiger partial charge on any atom is 0.269 e. The van der Waals surface area contributed by atoms with E-state index in [1.54, 1.807) is 18.3 Å². The van der Waals surface area contributed by atoms with E-state index < -0.39 is 4.92 Å². The van der Waals surface area contributed by atoms with E-state index in [1.165, 1.54) is 12.1 Å². The molecule has 25 heavy (non-hydrogen) atoms. The summed E-state index contributed by atoms with van der Waals surface area (Å²) in [7, 11) is 0. The molecular formula is C17H15N5O2S. The molecule has 0 saturated heterocycles. The molecule has 0 amide bonds. The van der Waals surface area contributed by atoms with Crippen LogP contribution < -0.4 is 10.6 Å². The van der Waals surface area contributed by atoms with Gasteiger partial charge in [0, 0.05) is 35.9 Å². The minimum atomic E-state index is -0.439. The molecule has 2 aromatic carbocycles. The number of nitrogens with zero attached hydrogens (tertiary/aromatic N) is 3. The molecule has 1 aromatic heterocycles. The predicted octanol–water partition coefficient (Wildman–Crippen LogP) is 3.65. The van der Waals surface area contributed by atoms with Crippen molar-refractivity contribution in [3.8, 4) is 0 Å². The van der Waals surface area contributed by atoms with E-state index in [-0.39, 0.29) is 5.69 Å². The second-order valence-corrected chi connectivity index (χ2v) is 5.69. The number of rotatable bonds is 5. The molecule has 0 aliphatic carbocycles. The fraction of sp³-hybridized carbons (Fsp3) is 0.0588. The number of nitro benzene ring substituents is 1. The molecule has 0 spiro atoms. The highest BCUT2D eigenvalue weighted by Crippen LogP contribution is 2.16. The normalized spacial score (nSPS) is 10.2. The van der Waals surface area contributed by atoms with Gasteiger partial charge in [0.1, 0.15) is 0 Å². The Labute approximate surface area is 149 Å². The van der Waals surface area contributed by atoms with Crippen LogP contribution in [0.15, 0.2) is 67.0 Å². The summed E-state index contributed by atoms with van der Waals surface area (Å²) in [5, 5.41) is 21.3. The zero-order chi connectivity index (χ0) is 17.6. The number of anilines is 2. The maximum absolute atomic E-state index is 10.6. The van der Waals surface area contributed by atoms with Gasteiger partial charge in [-0.15, -0.1) is 0 Å². The van der Waals surface area contributed by atoms with Crippen LogP contribution in [0.3, 0.4) is 0 Å². The molecule has 0 radical (unpaired) electrons. The number of benzene rings is 2. The Morgan fingerprint density at radius 3 is 2.20 bits per heavy atom. The van der Waals surface area contributed by atoms with Gasteiger partial charge in [0.15, 0.2) is 5.11 Å². The highest BCUT2D eigenvalue weighted by Gasteiger charge is 2.05. The van der Waals surface area contributed by atoms with Gasteiger partial charge in [-0.1, -0.05) is 12.1 Å². The van der Waals surface area contributed by atoms with E-state index in [2.05, 4.69) is 15.7 Å². The minimum absolute atomic E-state index is 0.0391. The first-order valence-electron chi connectivity index (χ1n) is 7.49. The van der Waals surface area contributed by atoms with E-state index in [4.69, 9.17) is 12.2 Å². The molecule has 0 aliphatic rings. The van der Waals surface area contributed by atoms with Crippen molar-refractivity contribution in [3.05, 3.63) is 82.7 Å². The van der Waals surface area contributed by atoms with Crippen LogP contribution in [0.4, 0.5) is 17.1 Å². The third-order valence-electron chi connectivity index (χ3n) is 3.45. The third kappa shape index (κ3) is 4.61. The number of nitro groups is 1. The van der Waals surface area contributed by atoms with Gasteiger partial charge in [-0.25, -0.2) is 0 Å². The molecule has 0 aliphatic heterocycles. The average Bonchev–Trinajstić information content (AvgIpc) is 3.10. The molecule has 0 fully saturated rings. The lowest BCUT2D eigenvalue weighted by Crippen LogP contribution is -2.19. The topological polar surface area (TPSA) is 85.0 Å². The van der Waals surface area contributed by atoms with Crippen molar-refractivity contribution in [1.82, 2.24) is 9.78 Å².